The van der Waals surface area contributed by atoms with Gasteiger partial charge in [0.25, 0.3) is 0 Å². The van der Waals surface area contributed by atoms with Gasteiger partial charge in [0.1, 0.15) is 5.82 Å². The Balaban J connectivity index is 1.95. The summed E-state index contributed by atoms with van der Waals surface area (Å²) in [5, 5.41) is 0. The van der Waals surface area contributed by atoms with Crippen LogP contribution < -0.4 is 10.6 Å². The minimum Gasteiger partial charge on any atom is -0.370 e. The van der Waals surface area contributed by atoms with Crippen LogP contribution in [0.3, 0.4) is 0 Å². The molecule has 106 valence electrons. The maximum Gasteiger partial charge on any atom is 0.123 e. The Morgan fingerprint density at radius 2 is 1.79 bits per heavy atom. The summed E-state index contributed by atoms with van der Waals surface area (Å²) in [7, 11) is 0. The third-order valence-corrected chi connectivity index (χ3v) is 3.41. The van der Waals surface area contributed by atoms with E-state index in [-0.39, 0.29) is 11.4 Å². The van der Waals surface area contributed by atoms with E-state index in [0.717, 1.165) is 44.8 Å². The Morgan fingerprint density at radius 1 is 1.11 bits per heavy atom. The number of nitrogens with zero attached hydrogens (tertiary/aromatic N) is 2. The van der Waals surface area contributed by atoms with Gasteiger partial charge in [-0.2, -0.15) is 0 Å². The van der Waals surface area contributed by atoms with Crippen molar-refractivity contribution in [1.82, 2.24) is 4.90 Å². The van der Waals surface area contributed by atoms with Crippen LogP contribution in [-0.4, -0.2) is 43.2 Å². The summed E-state index contributed by atoms with van der Waals surface area (Å²) >= 11 is 0. The first-order valence-corrected chi connectivity index (χ1v) is 6.96. The molecule has 0 amide bonds. The second-order valence-electron chi connectivity index (χ2n) is 6.08. The average Bonchev–Trinajstić information content (AvgIpc) is 2.54. The lowest BCUT2D eigenvalue weighted by atomic mass is 10.1. The van der Waals surface area contributed by atoms with Gasteiger partial charge in [-0.15, -0.1) is 0 Å². The number of hydrogen-bond donors (Lipinski definition) is 1. The Hall–Kier alpha value is -1.13. The molecule has 2 N–H and O–H groups in total. The number of nitrogens with two attached hydrogens (primary N) is 1. The van der Waals surface area contributed by atoms with Crippen molar-refractivity contribution >= 4 is 5.69 Å². The van der Waals surface area contributed by atoms with Crippen molar-refractivity contribution < 1.29 is 4.39 Å². The summed E-state index contributed by atoms with van der Waals surface area (Å²) in [6.45, 7) is 9.14. The predicted octanol–water partition coefficient (Wildman–Crippen LogP) is 2.08. The Morgan fingerprint density at radius 3 is 2.42 bits per heavy atom. The lowest BCUT2D eigenvalue weighted by Gasteiger charge is -2.29. The molecule has 1 aliphatic rings. The van der Waals surface area contributed by atoms with Gasteiger partial charge in [-0.25, -0.2) is 4.39 Å². The van der Waals surface area contributed by atoms with Crippen LogP contribution in [0.1, 0.15) is 20.3 Å². The fraction of sp³-hybridized carbons (Fsp3) is 0.600. The van der Waals surface area contributed by atoms with Gasteiger partial charge in [-0.3, -0.25) is 4.90 Å². The van der Waals surface area contributed by atoms with Gasteiger partial charge in [0.05, 0.1) is 0 Å². The summed E-state index contributed by atoms with van der Waals surface area (Å²) in [5.74, 6) is -0.176. The normalized spacial score (nSPS) is 18.4. The Bertz CT molecular complexity index is 397. The van der Waals surface area contributed by atoms with E-state index in [4.69, 9.17) is 5.73 Å². The maximum absolute atomic E-state index is 12.9. The molecule has 19 heavy (non-hydrogen) atoms. The zero-order chi connectivity index (χ0) is 13.9. The molecule has 0 aliphatic carbocycles. The summed E-state index contributed by atoms with van der Waals surface area (Å²) in [4.78, 5) is 4.74. The third kappa shape index (κ3) is 4.48. The number of hydrogen-bond acceptors (Lipinski definition) is 3. The zero-order valence-corrected chi connectivity index (χ0v) is 11.9. The molecule has 0 radical (unpaired) electrons. The van der Waals surface area contributed by atoms with Crippen LogP contribution in [0.25, 0.3) is 0 Å². The highest BCUT2D eigenvalue weighted by Crippen LogP contribution is 2.17. The number of anilines is 1. The second-order valence-corrected chi connectivity index (χ2v) is 6.08. The number of halogens is 1. The van der Waals surface area contributed by atoms with Crippen molar-refractivity contribution in [1.29, 1.82) is 0 Å². The largest absolute Gasteiger partial charge is 0.370 e. The average molecular weight is 265 g/mol. The van der Waals surface area contributed by atoms with E-state index in [1.165, 1.54) is 12.1 Å². The first-order chi connectivity index (χ1) is 8.94. The molecule has 0 aromatic heterocycles. The van der Waals surface area contributed by atoms with Gasteiger partial charge in [0.15, 0.2) is 0 Å². The third-order valence-electron chi connectivity index (χ3n) is 3.41. The van der Waals surface area contributed by atoms with Crippen LogP contribution in [0.5, 0.6) is 0 Å². The summed E-state index contributed by atoms with van der Waals surface area (Å²) in [6.07, 6.45) is 1.12. The quantitative estimate of drug-likeness (QED) is 0.908. The SMILES string of the molecule is CC(C)(N)CN1CCCN(c2ccc(F)cc2)CC1. The molecule has 1 aliphatic heterocycles. The van der Waals surface area contributed by atoms with Crippen molar-refractivity contribution in [3.05, 3.63) is 30.1 Å². The van der Waals surface area contributed by atoms with Crippen molar-refractivity contribution in [2.45, 2.75) is 25.8 Å². The smallest absolute Gasteiger partial charge is 0.123 e. The first-order valence-electron chi connectivity index (χ1n) is 6.96. The van der Waals surface area contributed by atoms with E-state index in [9.17, 15) is 4.39 Å². The number of rotatable bonds is 3. The van der Waals surface area contributed by atoms with E-state index in [1.807, 2.05) is 12.1 Å². The minimum absolute atomic E-state index is 0.148. The highest BCUT2D eigenvalue weighted by molar-refractivity contribution is 5.46. The fourth-order valence-electron chi connectivity index (χ4n) is 2.62. The predicted molar refractivity (Wildman–Crippen MR) is 77.9 cm³/mol. The zero-order valence-electron chi connectivity index (χ0n) is 11.9. The van der Waals surface area contributed by atoms with Crippen LogP contribution in [0.15, 0.2) is 24.3 Å². The summed E-state index contributed by atoms with van der Waals surface area (Å²) in [6, 6.07) is 6.78. The van der Waals surface area contributed by atoms with Gasteiger partial charge in [-0.1, -0.05) is 0 Å². The molecular formula is C15H24FN3. The van der Waals surface area contributed by atoms with Crippen LogP contribution >= 0.6 is 0 Å². The molecule has 0 unspecified atom stereocenters. The molecule has 1 heterocycles. The monoisotopic (exact) mass is 265 g/mol. The van der Waals surface area contributed by atoms with Crippen LogP contribution in [0.4, 0.5) is 10.1 Å². The van der Waals surface area contributed by atoms with E-state index < -0.39 is 0 Å². The molecule has 0 spiro atoms. The van der Waals surface area contributed by atoms with Crippen molar-refractivity contribution in [2.24, 2.45) is 5.73 Å². The molecule has 1 fully saturated rings. The van der Waals surface area contributed by atoms with Gasteiger partial charge in [0.2, 0.25) is 0 Å². The summed E-state index contributed by atoms with van der Waals surface area (Å²) in [5.41, 5.74) is 7.04. The molecule has 0 saturated carbocycles. The van der Waals surface area contributed by atoms with Gasteiger partial charge >= 0.3 is 0 Å². The fourth-order valence-corrected chi connectivity index (χ4v) is 2.62. The lowest BCUT2D eigenvalue weighted by Crippen LogP contribution is -2.46. The van der Waals surface area contributed by atoms with Crippen molar-refractivity contribution in [2.75, 3.05) is 37.6 Å². The van der Waals surface area contributed by atoms with Crippen LogP contribution in [0.2, 0.25) is 0 Å². The topological polar surface area (TPSA) is 32.5 Å². The van der Waals surface area contributed by atoms with Gasteiger partial charge < -0.3 is 10.6 Å². The molecule has 4 heteroatoms. The Labute approximate surface area is 115 Å². The van der Waals surface area contributed by atoms with Crippen LogP contribution in [-0.2, 0) is 0 Å². The number of benzene rings is 1. The molecule has 3 nitrogen and oxygen atoms in total. The molecule has 2 rings (SSSR count). The van der Waals surface area contributed by atoms with Crippen LogP contribution in [0, 0.1) is 5.82 Å². The molecule has 0 atom stereocenters. The highest BCUT2D eigenvalue weighted by Gasteiger charge is 2.20. The van der Waals surface area contributed by atoms with Gasteiger partial charge in [0, 0.05) is 37.4 Å². The molecule has 1 saturated heterocycles. The van der Waals surface area contributed by atoms with Crippen molar-refractivity contribution in [3.8, 4) is 0 Å². The minimum atomic E-state index is -0.176. The second kappa shape index (κ2) is 5.88. The molecule has 0 bridgehead atoms. The molecular weight excluding hydrogens is 241 g/mol. The maximum atomic E-state index is 12.9. The van der Waals surface area contributed by atoms with E-state index in [2.05, 4.69) is 23.6 Å². The molecule has 1 aromatic rings. The summed E-state index contributed by atoms with van der Waals surface area (Å²) < 4.78 is 12.9. The highest BCUT2D eigenvalue weighted by atomic mass is 19.1. The Kier molecular flexibility index (Phi) is 4.42. The van der Waals surface area contributed by atoms with Gasteiger partial charge in [-0.05, 0) is 51.1 Å². The van der Waals surface area contributed by atoms with E-state index in [0.29, 0.717) is 0 Å². The van der Waals surface area contributed by atoms with E-state index in [1.54, 1.807) is 0 Å². The molecule has 1 aromatic carbocycles. The first kappa shape index (κ1) is 14.3. The van der Waals surface area contributed by atoms with E-state index >= 15 is 0 Å². The standard InChI is InChI=1S/C15H24FN3/c1-15(2,17)12-18-8-3-9-19(11-10-18)14-6-4-13(16)5-7-14/h4-7H,3,8-12,17H2,1-2H3. The lowest BCUT2D eigenvalue weighted by molar-refractivity contribution is 0.240. The van der Waals surface area contributed by atoms with Crippen molar-refractivity contribution in [3.63, 3.8) is 0 Å².